The highest BCUT2D eigenvalue weighted by Crippen LogP contribution is 2.27. The van der Waals surface area contributed by atoms with Crippen molar-refractivity contribution in [2.24, 2.45) is 5.92 Å². The van der Waals surface area contributed by atoms with Gasteiger partial charge in [0.1, 0.15) is 0 Å². The largest absolute Gasteiger partial charge is 0.463 e. The van der Waals surface area contributed by atoms with E-state index >= 15 is 0 Å². The number of carbonyl (C=O) groups is 1. The lowest BCUT2D eigenvalue weighted by atomic mass is 9.86. The molecule has 2 nitrogen and oxygen atoms in total. The van der Waals surface area contributed by atoms with E-state index in [1.165, 1.54) is 38.5 Å². The van der Waals surface area contributed by atoms with Crippen LogP contribution in [0.5, 0.6) is 0 Å². The fraction of sp³-hybridized carbons (Fsp3) is 0.923. The number of ether oxygens (including phenoxy) is 1. The van der Waals surface area contributed by atoms with Gasteiger partial charge in [0.25, 0.3) is 0 Å². The van der Waals surface area contributed by atoms with E-state index in [1.807, 2.05) is 13.8 Å². The third-order valence-corrected chi connectivity index (χ3v) is 3.09. The highest BCUT2D eigenvalue weighted by Gasteiger charge is 2.14. The first kappa shape index (κ1) is 12.5. The topological polar surface area (TPSA) is 26.3 Å². The predicted molar refractivity (Wildman–Crippen MR) is 61.7 cm³/mol. The molecular formula is C13H24O2. The Labute approximate surface area is 93.4 Å². The summed E-state index contributed by atoms with van der Waals surface area (Å²) >= 11 is 0. The van der Waals surface area contributed by atoms with Crippen molar-refractivity contribution in [3.05, 3.63) is 0 Å². The van der Waals surface area contributed by atoms with Gasteiger partial charge in [0.05, 0.1) is 6.10 Å². The Morgan fingerprint density at radius 3 is 2.53 bits per heavy atom. The van der Waals surface area contributed by atoms with Crippen molar-refractivity contribution in [1.82, 2.24) is 0 Å². The highest BCUT2D eigenvalue weighted by molar-refractivity contribution is 5.69. The van der Waals surface area contributed by atoms with Gasteiger partial charge in [-0.25, -0.2) is 0 Å². The molecule has 0 unspecified atom stereocenters. The summed E-state index contributed by atoms with van der Waals surface area (Å²) < 4.78 is 5.10. The van der Waals surface area contributed by atoms with Crippen LogP contribution in [0.25, 0.3) is 0 Å². The number of carbonyl (C=O) groups excluding carboxylic acids is 1. The van der Waals surface area contributed by atoms with E-state index in [4.69, 9.17) is 4.74 Å². The molecule has 0 heterocycles. The summed E-state index contributed by atoms with van der Waals surface area (Å²) in [5.41, 5.74) is 0. The Bertz CT molecular complexity index is 181. The lowest BCUT2D eigenvalue weighted by Crippen LogP contribution is -2.12. The molecule has 0 amide bonds. The minimum atomic E-state index is -0.0270. The van der Waals surface area contributed by atoms with Crippen LogP contribution in [0, 0.1) is 5.92 Å². The second-order valence-corrected chi connectivity index (χ2v) is 4.93. The van der Waals surface area contributed by atoms with Gasteiger partial charge in [0.15, 0.2) is 0 Å². The summed E-state index contributed by atoms with van der Waals surface area (Å²) in [4.78, 5) is 11.3. The Kier molecular flexibility index (Phi) is 5.74. The maximum Gasteiger partial charge on any atom is 0.306 e. The van der Waals surface area contributed by atoms with Gasteiger partial charge in [-0.1, -0.05) is 32.1 Å². The first-order valence-electron chi connectivity index (χ1n) is 6.38. The van der Waals surface area contributed by atoms with Crippen LogP contribution in [-0.4, -0.2) is 12.1 Å². The molecule has 15 heavy (non-hydrogen) atoms. The fourth-order valence-electron chi connectivity index (χ4n) is 2.33. The average Bonchev–Trinajstić information content (AvgIpc) is 2.18. The van der Waals surface area contributed by atoms with E-state index in [0.29, 0.717) is 6.42 Å². The van der Waals surface area contributed by atoms with Crippen molar-refractivity contribution in [2.45, 2.75) is 71.3 Å². The van der Waals surface area contributed by atoms with Crippen LogP contribution in [0.4, 0.5) is 0 Å². The van der Waals surface area contributed by atoms with E-state index in [-0.39, 0.29) is 12.1 Å². The molecule has 1 aliphatic carbocycles. The van der Waals surface area contributed by atoms with Gasteiger partial charge in [0, 0.05) is 6.42 Å². The summed E-state index contributed by atoms with van der Waals surface area (Å²) in [6.45, 7) is 3.80. The third-order valence-electron chi connectivity index (χ3n) is 3.09. The second kappa shape index (κ2) is 6.86. The smallest absolute Gasteiger partial charge is 0.306 e. The molecule has 0 aromatic carbocycles. The van der Waals surface area contributed by atoms with E-state index in [0.717, 1.165) is 12.3 Å². The normalized spacial score (nSPS) is 18.1. The van der Waals surface area contributed by atoms with Gasteiger partial charge in [-0.05, 0) is 32.6 Å². The van der Waals surface area contributed by atoms with Crippen molar-refractivity contribution in [2.75, 3.05) is 0 Å². The lowest BCUT2D eigenvalue weighted by molar-refractivity contribution is -0.147. The SMILES string of the molecule is CC(C)OC(=O)CCCC1CCCCC1. The Morgan fingerprint density at radius 1 is 1.27 bits per heavy atom. The Hall–Kier alpha value is -0.530. The van der Waals surface area contributed by atoms with Gasteiger partial charge in [0.2, 0.25) is 0 Å². The van der Waals surface area contributed by atoms with Crippen molar-refractivity contribution >= 4 is 5.97 Å². The van der Waals surface area contributed by atoms with Crippen LogP contribution in [0.3, 0.4) is 0 Å². The van der Waals surface area contributed by atoms with Crippen LogP contribution in [0.1, 0.15) is 65.2 Å². The summed E-state index contributed by atoms with van der Waals surface area (Å²) in [5, 5.41) is 0. The molecular weight excluding hydrogens is 188 g/mol. The maximum absolute atomic E-state index is 11.3. The number of hydrogen-bond donors (Lipinski definition) is 0. The van der Waals surface area contributed by atoms with Gasteiger partial charge in [-0.15, -0.1) is 0 Å². The molecule has 0 saturated heterocycles. The molecule has 0 atom stereocenters. The molecule has 1 rings (SSSR count). The molecule has 1 saturated carbocycles. The van der Waals surface area contributed by atoms with Crippen LogP contribution in [0.15, 0.2) is 0 Å². The van der Waals surface area contributed by atoms with Crippen LogP contribution in [0.2, 0.25) is 0 Å². The monoisotopic (exact) mass is 212 g/mol. The number of hydrogen-bond acceptors (Lipinski definition) is 2. The van der Waals surface area contributed by atoms with Crippen LogP contribution >= 0.6 is 0 Å². The molecule has 0 aliphatic heterocycles. The lowest BCUT2D eigenvalue weighted by Gasteiger charge is -2.21. The number of esters is 1. The average molecular weight is 212 g/mol. The Balaban J connectivity index is 2.02. The van der Waals surface area contributed by atoms with Crippen molar-refractivity contribution < 1.29 is 9.53 Å². The highest BCUT2D eigenvalue weighted by atomic mass is 16.5. The molecule has 88 valence electrons. The van der Waals surface area contributed by atoms with E-state index < -0.39 is 0 Å². The summed E-state index contributed by atoms with van der Waals surface area (Å²) in [7, 11) is 0. The van der Waals surface area contributed by atoms with Crippen molar-refractivity contribution in [3.63, 3.8) is 0 Å². The number of rotatable bonds is 5. The molecule has 1 fully saturated rings. The summed E-state index contributed by atoms with van der Waals surface area (Å²) in [6.07, 6.45) is 9.80. The zero-order valence-corrected chi connectivity index (χ0v) is 10.1. The Morgan fingerprint density at radius 2 is 1.93 bits per heavy atom. The third kappa shape index (κ3) is 5.81. The first-order chi connectivity index (χ1) is 7.18. The van der Waals surface area contributed by atoms with Gasteiger partial charge >= 0.3 is 5.97 Å². The maximum atomic E-state index is 11.3. The van der Waals surface area contributed by atoms with Gasteiger partial charge in [-0.3, -0.25) is 4.79 Å². The van der Waals surface area contributed by atoms with Crippen molar-refractivity contribution in [3.8, 4) is 0 Å². The molecule has 1 aliphatic rings. The molecule has 0 N–H and O–H groups in total. The second-order valence-electron chi connectivity index (χ2n) is 4.93. The summed E-state index contributed by atoms with van der Waals surface area (Å²) in [5.74, 6) is 0.853. The zero-order valence-electron chi connectivity index (χ0n) is 10.1. The fourth-order valence-corrected chi connectivity index (χ4v) is 2.33. The van der Waals surface area contributed by atoms with E-state index in [9.17, 15) is 4.79 Å². The minimum absolute atomic E-state index is 0.0270. The van der Waals surface area contributed by atoms with Gasteiger partial charge in [-0.2, -0.15) is 0 Å². The molecule has 0 aromatic heterocycles. The first-order valence-corrected chi connectivity index (χ1v) is 6.38. The molecule has 2 heteroatoms. The van der Waals surface area contributed by atoms with Crippen molar-refractivity contribution in [1.29, 1.82) is 0 Å². The molecule has 0 spiro atoms. The quantitative estimate of drug-likeness (QED) is 0.650. The molecule has 0 bridgehead atoms. The van der Waals surface area contributed by atoms with E-state index in [1.54, 1.807) is 0 Å². The molecule has 0 radical (unpaired) electrons. The minimum Gasteiger partial charge on any atom is -0.463 e. The predicted octanol–water partition coefficient (Wildman–Crippen LogP) is 3.69. The summed E-state index contributed by atoms with van der Waals surface area (Å²) in [6, 6.07) is 0. The standard InChI is InChI=1S/C13H24O2/c1-11(2)15-13(14)10-6-9-12-7-4-3-5-8-12/h11-12H,3-10H2,1-2H3. The van der Waals surface area contributed by atoms with Crippen LogP contribution < -0.4 is 0 Å². The van der Waals surface area contributed by atoms with Gasteiger partial charge < -0.3 is 4.74 Å². The molecule has 0 aromatic rings. The zero-order chi connectivity index (χ0) is 11.1. The van der Waals surface area contributed by atoms with Crippen LogP contribution in [-0.2, 0) is 9.53 Å². The van der Waals surface area contributed by atoms with E-state index in [2.05, 4.69) is 0 Å².